The molecular formula is C15H17ClFN3O2. The van der Waals surface area contributed by atoms with E-state index in [0.717, 1.165) is 6.54 Å². The molecule has 0 spiro atoms. The maximum atomic E-state index is 14.0. The summed E-state index contributed by atoms with van der Waals surface area (Å²) in [6, 6.07) is 1.67. The van der Waals surface area contributed by atoms with Crippen molar-refractivity contribution in [3.8, 4) is 5.75 Å². The summed E-state index contributed by atoms with van der Waals surface area (Å²) in [5.41, 5.74) is 0.373. The van der Waals surface area contributed by atoms with Crippen molar-refractivity contribution < 1.29 is 13.7 Å². The molecule has 0 unspecified atom stereocenters. The van der Waals surface area contributed by atoms with Gasteiger partial charge in [0.05, 0.1) is 12.5 Å². The zero-order valence-corrected chi connectivity index (χ0v) is 13.0. The van der Waals surface area contributed by atoms with Crippen LogP contribution in [-0.2, 0) is 0 Å². The molecule has 2 bridgehead atoms. The first kappa shape index (κ1) is 14.1. The van der Waals surface area contributed by atoms with Crippen LogP contribution in [0.5, 0.6) is 5.75 Å². The topological polar surface area (TPSA) is 50.5 Å². The van der Waals surface area contributed by atoms with Gasteiger partial charge in [0.15, 0.2) is 11.6 Å². The second-order valence-electron chi connectivity index (χ2n) is 6.00. The van der Waals surface area contributed by atoms with Gasteiger partial charge in [0.1, 0.15) is 10.8 Å². The van der Waals surface area contributed by atoms with Crippen LogP contribution in [0.25, 0.3) is 11.0 Å². The lowest BCUT2D eigenvalue weighted by Crippen LogP contribution is -2.53. The van der Waals surface area contributed by atoms with Crippen LogP contribution < -0.4 is 10.1 Å². The number of methoxy groups -OCH3 is 1. The van der Waals surface area contributed by atoms with Crippen molar-refractivity contribution in [1.29, 1.82) is 0 Å². The largest absolute Gasteiger partial charge is 0.491 e. The quantitative estimate of drug-likeness (QED) is 0.939. The summed E-state index contributed by atoms with van der Waals surface area (Å²) in [6.07, 6.45) is 2.38. The molecule has 22 heavy (non-hydrogen) atoms. The molecule has 3 aliphatic heterocycles. The molecule has 0 saturated carbocycles. The van der Waals surface area contributed by atoms with Crippen molar-refractivity contribution in [3.05, 3.63) is 16.9 Å². The predicted molar refractivity (Wildman–Crippen MR) is 82.1 cm³/mol. The molecule has 1 N–H and O–H groups in total. The number of aromatic nitrogens is 1. The molecule has 2 aromatic rings. The van der Waals surface area contributed by atoms with Gasteiger partial charge < -0.3 is 19.5 Å². The maximum absolute atomic E-state index is 14.0. The maximum Gasteiger partial charge on any atom is 0.212 e. The highest BCUT2D eigenvalue weighted by molar-refractivity contribution is 6.33. The Morgan fingerprint density at radius 2 is 2.23 bits per heavy atom. The van der Waals surface area contributed by atoms with E-state index in [-0.39, 0.29) is 10.8 Å². The molecule has 1 aromatic carbocycles. The molecule has 5 nitrogen and oxygen atoms in total. The molecule has 1 aromatic heterocycles. The van der Waals surface area contributed by atoms with E-state index in [1.807, 2.05) is 0 Å². The van der Waals surface area contributed by atoms with Crippen LogP contribution in [0.15, 0.2) is 10.6 Å². The Morgan fingerprint density at radius 1 is 1.45 bits per heavy atom. The van der Waals surface area contributed by atoms with E-state index in [0.29, 0.717) is 28.7 Å². The van der Waals surface area contributed by atoms with Gasteiger partial charge in [-0.3, -0.25) is 0 Å². The van der Waals surface area contributed by atoms with E-state index in [1.165, 1.54) is 39.1 Å². The van der Waals surface area contributed by atoms with E-state index in [4.69, 9.17) is 20.9 Å². The van der Waals surface area contributed by atoms with Gasteiger partial charge in [-0.1, -0.05) is 16.8 Å². The summed E-state index contributed by atoms with van der Waals surface area (Å²) in [5.74, 6) is 0.843. The Labute approximate surface area is 132 Å². The fourth-order valence-electron chi connectivity index (χ4n) is 3.58. The minimum atomic E-state index is -0.536. The summed E-state index contributed by atoms with van der Waals surface area (Å²) < 4.78 is 24.4. The first-order valence-corrected chi connectivity index (χ1v) is 7.85. The highest BCUT2D eigenvalue weighted by atomic mass is 35.5. The number of benzene rings is 1. The van der Waals surface area contributed by atoms with Crippen molar-refractivity contribution in [3.63, 3.8) is 0 Å². The number of fused-ring (bicyclic) bond motifs is 4. The van der Waals surface area contributed by atoms with Crippen molar-refractivity contribution in [2.45, 2.75) is 18.9 Å². The highest BCUT2D eigenvalue weighted by Gasteiger charge is 2.35. The Bertz CT molecular complexity index is 712. The van der Waals surface area contributed by atoms with Crippen LogP contribution in [0.4, 0.5) is 10.2 Å². The van der Waals surface area contributed by atoms with E-state index >= 15 is 0 Å². The summed E-state index contributed by atoms with van der Waals surface area (Å²) >= 11 is 5.91. The first-order valence-electron chi connectivity index (χ1n) is 7.47. The molecule has 4 heterocycles. The standard InChI is InChI=1S/C15H17ClFN3O2/c1-21-14-12(16)10(17)6-9-13(14)22-19-15(9)18-11-7-20-4-2-8(11)3-5-20/h6,8,11H,2-5,7H2,1H3,(H,18,19)/t11-/m1/s1. The monoisotopic (exact) mass is 325 g/mol. The van der Waals surface area contributed by atoms with Gasteiger partial charge in [-0.15, -0.1) is 0 Å². The van der Waals surface area contributed by atoms with Crippen LogP contribution in [0, 0.1) is 11.7 Å². The zero-order chi connectivity index (χ0) is 15.3. The van der Waals surface area contributed by atoms with Crippen LogP contribution in [0.1, 0.15) is 12.8 Å². The minimum absolute atomic E-state index is 0.0828. The van der Waals surface area contributed by atoms with Crippen molar-refractivity contribution in [2.24, 2.45) is 5.92 Å². The number of piperidine rings is 3. The van der Waals surface area contributed by atoms with Crippen molar-refractivity contribution in [2.75, 3.05) is 32.1 Å². The Hall–Kier alpha value is -1.53. The molecule has 0 radical (unpaired) electrons. The van der Waals surface area contributed by atoms with Gasteiger partial charge in [-0.2, -0.15) is 0 Å². The Balaban J connectivity index is 1.69. The number of rotatable bonds is 3. The number of anilines is 1. The minimum Gasteiger partial charge on any atom is -0.491 e. The Morgan fingerprint density at radius 3 is 2.86 bits per heavy atom. The van der Waals surface area contributed by atoms with Crippen LogP contribution in [0.3, 0.4) is 0 Å². The Kier molecular flexibility index (Phi) is 3.38. The second-order valence-corrected chi connectivity index (χ2v) is 6.38. The van der Waals surface area contributed by atoms with Gasteiger partial charge in [0, 0.05) is 12.6 Å². The fraction of sp³-hybridized carbons (Fsp3) is 0.533. The molecule has 1 atom stereocenters. The third-order valence-corrected chi connectivity index (χ3v) is 5.15. The summed E-state index contributed by atoms with van der Waals surface area (Å²) in [7, 11) is 1.43. The lowest BCUT2D eigenvalue weighted by atomic mass is 9.84. The number of halogens is 2. The summed E-state index contributed by atoms with van der Waals surface area (Å²) in [4.78, 5) is 2.44. The number of nitrogens with zero attached hydrogens (tertiary/aromatic N) is 2. The summed E-state index contributed by atoms with van der Waals surface area (Å²) in [5, 5.41) is 7.96. The summed E-state index contributed by atoms with van der Waals surface area (Å²) in [6.45, 7) is 3.33. The van der Waals surface area contributed by atoms with E-state index in [1.54, 1.807) is 0 Å². The molecule has 0 amide bonds. The second kappa shape index (κ2) is 5.28. The highest BCUT2D eigenvalue weighted by Crippen LogP contribution is 2.39. The number of hydrogen-bond donors (Lipinski definition) is 1. The fourth-order valence-corrected chi connectivity index (χ4v) is 3.80. The predicted octanol–water partition coefficient (Wildman–Crippen LogP) is 3.14. The molecule has 0 aliphatic carbocycles. The first-order chi connectivity index (χ1) is 10.7. The number of ether oxygens (including phenoxy) is 1. The average molecular weight is 326 g/mol. The molecular weight excluding hydrogens is 309 g/mol. The molecule has 3 saturated heterocycles. The van der Waals surface area contributed by atoms with Gasteiger partial charge in [-0.05, 0) is 37.9 Å². The van der Waals surface area contributed by atoms with Crippen LogP contribution in [-0.4, -0.2) is 42.8 Å². The SMILES string of the molecule is COc1c(Cl)c(F)cc2c(N[C@@H]3CN4CCC3CC4)noc12. The van der Waals surface area contributed by atoms with Crippen LogP contribution >= 0.6 is 11.6 Å². The van der Waals surface area contributed by atoms with Crippen molar-refractivity contribution in [1.82, 2.24) is 10.1 Å². The van der Waals surface area contributed by atoms with Gasteiger partial charge in [0.2, 0.25) is 5.58 Å². The molecule has 3 aliphatic rings. The number of hydrogen-bond acceptors (Lipinski definition) is 5. The van der Waals surface area contributed by atoms with Crippen LogP contribution in [0.2, 0.25) is 5.02 Å². The molecule has 7 heteroatoms. The third kappa shape index (κ3) is 2.13. The average Bonchev–Trinajstić information content (AvgIpc) is 2.92. The van der Waals surface area contributed by atoms with E-state index in [2.05, 4.69) is 15.4 Å². The molecule has 118 valence electrons. The normalized spacial score (nSPS) is 27.3. The molecule has 5 rings (SSSR count). The van der Waals surface area contributed by atoms with Gasteiger partial charge in [0.25, 0.3) is 0 Å². The lowest BCUT2D eigenvalue weighted by Gasteiger charge is -2.44. The molecule has 3 fully saturated rings. The van der Waals surface area contributed by atoms with Gasteiger partial charge >= 0.3 is 0 Å². The van der Waals surface area contributed by atoms with Crippen molar-refractivity contribution >= 4 is 28.4 Å². The number of nitrogens with one attached hydrogen (secondary N) is 1. The van der Waals surface area contributed by atoms with Gasteiger partial charge in [-0.25, -0.2) is 4.39 Å². The lowest BCUT2D eigenvalue weighted by molar-refractivity contribution is 0.0973. The third-order valence-electron chi connectivity index (χ3n) is 4.80. The smallest absolute Gasteiger partial charge is 0.212 e. The van der Waals surface area contributed by atoms with E-state index in [9.17, 15) is 4.39 Å². The van der Waals surface area contributed by atoms with E-state index < -0.39 is 5.82 Å². The zero-order valence-electron chi connectivity index (χ0n) is 12.2.